The first-order valence-electron chi connectivity index (χ1n) is 4.43. The summed E-state index contributed by atoms with van der Waals surface area (Å²) in [5.74, 6) is -1.02. The van der Waals surface area contributed by atoms with Gasteiger partial charge in [-0.25, -0.2) is 4.79 Å². The number of aromatic nitrogens is 1. The van der Waals surface area contributed by atoms with Crippen molar-refractivity contribution in [3.05, 3.63) is 46.4 Å². The van der Waals surface area contributed by atoms with Gasteiger partial charge >= 0.3 is 5.97 Å². The lowest BCUT2D eigenvalue weighted by atomic mass is 10.1. The minimum atomic E-state index is -1.02. The quantitative estimate of drug-likeness (QED) is 0.758. The molecule has 15 heavy (non-hydrogen) atoms. The smallest absolute Gasteiger partial charge is 0.336 e. The van der Waals surface area contributed by atoms with E-state index in [4.69, 9.17) is 5.11 Å². The summed E-state index contributed by atoms with van der Waals surface area (Å²) in [5.41, 5.74) is -0.0270. The van der Waals surface area contributed by atoms with Crippen LogP contribution in [0.3, 0.4) is 0 Å². The molecule has 0 bridgehead atoms. The van der Waals surface area contributed by atoms with Crippen molar-refractivity contribution in [1.82, 2.24) is 4.57 Å². The Kier molecular flexibility index (Phi) is 2.04. The normalized spacial score (nSPS) is 10.5. The number of hydrogen-bond acceptors (Lipinski definition) is 2. The number of rotatable bonds is 1. The number of benzene rings is 1. The third-order valence-corrected chi connectivity index (χ3v) is 2.35. The highest BCUT2D eigenvalue weighted by Gasteiger charge is 2.09. The molecule has 0 unspecified atom stereocenters. The number of aryl methyl sites for hydroxylation is 1. The molecule has 0 amide bonds. The number of nitrogens with zero attached hydrogens (tertiary/aromatic N) is 1. The van der Waals surface area contributed by atoms with E-state index in [-0.39, 0.29) is 11.1 Å². The third-order valence-electron chi connectivity index (χ3n) is 2.35. The summed E-state index contributed by atoms with van der Waals surface area (Å²) in [6.45, 7) is 0. The molecule has 1 aromatic carbocycles. The number of pyridine rings is 1. The lowest BCUT2D eigenvalue weighted by molar-refractivity contribution is 0.0699. The molecule has 1 N–H and O–H groups in total. The number of aromatic carboxylic acids is 1. The van der Waals surface area contributed by atoms with Crippen LogP contribution in [0.5, 0.6) is 0 Å². The molecule has 0 saturated carbocycles. The molecule has 0 saturated heterocycles. The Balaban J connectivity index is 2.96. The van der Waals surface area contributed by atoms with Gasteiger partial charge in [0.25, 0.3) is 5.56 Å². The lowest BCUT2D eigenvalue weighted by Crippen LogP contribution is -2.16. The fourth-order valence-corrected chi connectivity index (χ4v) is 1.56. The monoisotopic (exact) mass is 203 g/mol. The zero-order chi connectivity index (χ0) is 11.0. The van der Waals surface area contributed by atoms with Crippen LogP contribution in [-0.2, 0) is 7.05 Å². The number of fused-ring (bicyclic) bond motifs is 1. The summed E-state index contributed by atoms with van der Waals surface area (Å²) in [7, 11) is 1.63. The Labute approximate surface area is 85.4 Å². The Morgan fingerprint density at radius 1 is 1.27 bits per heavy atom. The molecule has 2 aromatic rings. The van der Waals surface area contributed by atoms with Crippen molar-refractivity contribution in [3.63, 3.8) is 0 Å². The van der Waals surface area contributed by atoms with Crippen LogP contribution in [0.25, 0.3) is 10.8 Å². The van der Waals surface area contributed by atoms with Crippen molar-refractivity contribution in [2.24, 2.45) is 7.05 Å². The van der Waals surface area contributed by atoms with Crippen LogP contribution >= 0.6 is 0 Å². The van der Waals surface area contributed by atoms with E-state index in [0.717, 1.165) is 0 Å². The highest BCUT2D eigenvalue weighted by molar-refractivity contribution is 6.03. The second-order valence-electron chi connectivity index (χ2n) is 3.30. The molecule has 1 aromatic heterocycles. The predicted octanol–water partition coefficient (Wildman–Crippen LogP) is 1.24. The minimum absolute atomic E-state index is 0.158. The first-order valence-corrected chi connectivity index (χ1v) is 4.43. The van der Waals surface area contributed by atoms with Gasteiger partial charge in [0.2, 0.25) is 0 Å². The summed E-state index contributed by atoms with van der Waals surface area (Å²) in [6, 6.07) is 6.33. The zero-order valence-corrected chi connectivity index (χ0v) is 8.10. The number of hydrogen-bond donors (Lipinski definition) is 1. The second kappa shape index (κ2) is 3.24. The van der Waals surface area contributed by atoms with Crippen molar-refractivity contribution < 1.29 is 9.90 Å². The van der Waals surface area contributed by atoms with E-state index in [2.05, 4.69) is 0 Å². The van der Waals surface area contributed by atoms with Crippen LogP contribution in [0.4, 0.5) is 0 Å². The Morgan fingerprint density at radius 3 is 2.67 bits per heavy atom. The molecule has 0 radical (unpaired) electrons. The molecule has 0 spiro atoms. The molecule has 0 fully saturated rings. The van der Waals surface area contributed by atoms with Gasteiger partial charge in [-0.3, -0.25) is 4.79 Å². The molecule has 0 aliphatic heterocycles. The lowest BCUT2D eigenvalue weighted by Gasteiger charge is -2.03. The van der Waals surface area contributed by atoms with E-state index in [0.29, 0.717) is 10.8 Å². The highest BCUT2D eigenvalue weighted by Crippen LogP contribution is 2.14. The van der Waals surface area contributed by atoms with E-state index >= 15 is 0 Å². The average Bonchev–Trinajstić information content (AvgIpc) is 2.23. The van der Waals surface area contributed by atoms with Crippen LogP contribution < -0.4 is 5.56 Å². The first-order chi connectivity index (χ1) is 7.11. The molecule has 4 heteroatoms. The maximum Gasteiger partial charge on any atom is 0.336 e. The van der Waals surface area contributed by atoms with E-state index < -0.39 is 5.97 Å². The molecular weight excluding hydrogens is 194 g/mol. The van der Waals surface area contributed by atoms with Crippen molar-refractivity contribution >= 4 is 16.7 Å². The molecule has 1 heterocycles. The Hall–Kier alpha value is -2.10. The number of carboxylic acid groups (broad SMARTS) is 1. The fraction of sp³-hybridized carbons (Fsp3) is 0.0909. The summed E-state index contributed by atoms with van der Waals surface area (Å²) in [6.07, 6.45) is 1.57. The van der Waals surface area contributed by atoms with E-state index in [9.17, 15) is 9.59 Å². The van der Waals surface area contributed by atoms with Crippen molar-refractivity contribution in [3.8, 4) is 0 Å². The summed E-state index contributed by atoms with van der Waals surface area (Å²) in [4.78, 5) is 22.6. The van der Waals surface area contributed by atoms with Crippen molar-refractivity contribution in [1.29, 1.82) is 0 Å². The maximum atomic E-state index is 11.7. The van der Waals surface area contributed by atoms with Gasteiger partial charge in [-0.1, -0.05) is 6.07 Å². The molecule has 2 rings (SSSR count). The average molecular weight is 203 g/mol. The topological polar surface area (TPSA) is 59.3 Å². The standard InChI is InChI=1S/C11H9NO3/c1-12-6-5-7-8(10(12)13)3-2-4-9(7)11(14)15/h2-6H,1H3,(H,14,15). The van der Waals surface area contributed by atoms with Gasteiger partial charge in [0.1, 0.15) is 0 Å². The zero-order valence-electron chi connectivity index (χ0n) is 8.10. The number of carboxylic acids is 1. The van der Waals surface area contributed by atoms with Crippen molar-refractivity contribution in [2.45, 2.75) is 0 Å². The SMILES string of the molecule is Cn1ccc2c(C(=O)O)cccc2c1=O. The van der Waals surface area contributed by atoms with Gasteiger partial charge in [0.05, 0.1) is 5.56 Å². The van der Waals surface area contributed by atoms with Gasteiger partial charge in [0, 0.05) is 24.0 Å². The first kappa shape index (κ1) is 9.45. The maximum absolute atomic E-state index is 11.7. The van der Waals surface area contributed by atoms with E-state index in [1.165, 1.54) is 10.6 Å². The van der Waals surface area contributed by atoms with E-state index in [1.54, 1.807) is 31.4 Å². The molecule has 0 aliphatic carbocycles. The molecule has 0 aliphatic rings. The molecular formula is C11H9NO3. The summed E-state index contributed by atoms with van der Waals surface area (Å²) < 4.78 is 1.42. The molecule has 4 nitrogen and oxygen atoms in total. The van der Waals surface area contributed by atoms with Crippen LogP contribution in [0, 0.1) is 0 Å². The van der Waals surface area contributed by atoms with Crippen molar-refractivity contribution in [2.75, 3.05) is 0 Å². The van der Waals surface area contributed by atoms with Gasteiger partial charge in [0.15, 0.2) is 0 Å². The van der Waals surface area contributed by atoms with E-state index in [1.807, 2.05) is 0 Å². The predicted molar refractivity (Wildman–Crippen MR) is 56.1 cm³/mol. The molecule has 0 atom stereocenters. The van der Waals surface area contributed by atoms with Crippen LogP contribution in [0.2, 0.25) is 0 Å². The van der Waals surface area contributed by atoms with Crippen LogP contribution in [0.1, 0.15) is 10.4 Å². The molecule has 76 valence electrons. The number of carbonyl (C=O) groups is 1. The van der Waals surface area contributed by atoms with Crippen LogP contribution in [0.15, 0.2) is 35.3 Å². The largest absolute Gasteiger partial charge is 0.478 e. The van der Waals surface area contributed by atoms with Gasteiger partial charge in [-0.2, -0.15) is 0 Å². The van der Waals surface area contributed by atoms with Crippen LogP contribution in [-0.4, -0.2) is 15.6 Å². The fourth-order valence-electron chi connectivity index (χ4n) is 1.56. The second-order valence-corrected chi connectivity index (χ2v) is 3.30. The summed E-state index contributed by atoms with van der Waals surface area (Å²) >= 11 is 0. The van der Waals surface area contributed by atoms with Gasteiger partial charge in [-0.05, 0) is 18.2 Å². The minimum Gasteiger partial charge on any atom is -0.478 e. The third kappa shape index (κ3) is 1.40. The van der Waals surface area contributed by atoms with Gasteiger partial charge < -0.3 is 9.67 Å². The van der Waals surface area contributed by atoms with Gasteiger partial charge in [-0.15, -0.1) is 0 Å². The Morgan fingerprint density at radius 2 is 2.00 bits per heavy atom. The highest BCUT2D eigenvalue weighted by atomic mass is 16.4. The summed E-state index contributed by atoms with van der Waals surface area (Å²) in [5, 5.41) is 9.84. The Bertz CT molecular complexity index is 598.